The first kappa shape index (κ1) is 19.2. The van der Waals surface area contributed by atoms with Crippen LogP contribution in [0.5, 0.6) is 11.6 Å². The van der Waals surface area contributed by atoms with Gasteiger partial charge in [0.25, 0.3) is 5.88 Å². The molecule has 1 aliphatic rings. The number of hydrogen-bond acceptors (Lipinski definition) is 4. The second-order valence-corrected chi connectivity index (χ2v) is 6.97. The monoisotopic (exact) mass is 402 g/mol. The molecule has 2 heterocycles. The van der Waals surface area contributed by atoms with Crippen molar-refractivity contribution in [2.75, 3.05) is 23.3 Å². The van der Waals surface area contributed by atoms with Crippen molar-refractivity contribution in [3.05, 3.63) is 54.6 Å². The highest BCUT2D eigenvalue weighted by molar-refractivity contribution is 5.92. The molecule has 0 unspecified atom stereocenters. The van der Waals surface area contributed by atoms with Crippen LogP contribution in [0.4, 0.5) is 24.5 Å². The molecule has 0 atom stereocenters. The molecule has 1 N–H and O–H groups in total. The minimum Gasteiger partial charge on any atom is -0.406 e. The van der Waals surface area contributed by atoms with Gasteiger partial charge in [-0.2, -0.15) is 0 Å². The van der Waals surface area contributed by atoms with Gasteiger partial charge < -0.3 is 15.0 Å². The second kappa shape index (κ2) is 7.69. The van der Waals surface area contributed by atoms with Crippen LogP contribution in [0.2, 0.25) is 0 Å². The molecular weight excluding hydrogens is 383 g/mol. The zero-order valence-corrected chi connectivity index (χ0v) is 15.4. The van der Waals surface area contributed by atoms with E-state index in [1.54, 1.807) is 12.1 Å². The fraction of sp³-hybridized carbons (Fsp3) is 0.286. The van der Waals surface area contributed by atoms with Crippen LogP contribution in [0.3, 0.4) is 0 Å². The third-order valence-corrected chi connectivity index (χ3v) is 4.98. The van der Waals surface area contributed by atoms with Crippen LogP contribution in [0, 0.1) is 0 Å². The Balaban J connectivity index is 1.38. The minimum absolute atomic E-state index is 0.224. The van der Waals surface area contributed by atoms with Gasteiger partial charge in [0.15, 0.2) is 0 Å². The fourth-order valence-electron chi connectivity index (χ4n) is 3.65. The lowest BCUT2D eigenvalue weighted by Crippen LogP contribution is -2.39. The van der Waals surface area contributed by atoms with E-state index in [2.05, 4.69) is 19.9 Å². The van der Waals surface area contributed by atoms with Gasteiger partial charge in [-0.15, -0.1) is 13.2 Å². The SMILES string of the molecule is [O]c1ccc2c(N3CCC(Nc4ccc(OC(F)(F)F)cc4)CC3)cccc2n1. The molecule has 0 aliphatic carbocycles. The van der Waals surface area contributed by atoms with Crippen LogP contribution in [-0.4, -0.2) is 30.5 Å². The number of fused-ring (bicyclic) bond motifs is 1. The molecule has 0 saturated carbocycles. The number of hydrogen-bond donors (Lipinski definition) is 1. The van der Waals surface area contributed by atoms with Gasteiger partial charge in [-0.1, -0.05) is 6.07 Å². The summed E-state index contributed by atoms with van der Waals surface area (Å²) in [6.07, 6.45) is -2.93. The first-order chi connectivity index (χ1) is 13.9. The average Bonchev–Trinajstić information content (AvgIpc) is 2.68. The van der Waals surface area contributed by atoms with E-state index in [4.69, 9.17) is 0 Å². The zero-order valence-electron chi connectivity index (χ0n) is 15.4. The van der Waals surface area contributed by atoms with Crippen molar-refractivity contribution in [3.8, 4) is 11.6 Å². The Morgan fingerprint density at radius 2 is 1.72 bits per heavy atom. The van der Waals surface area contributed by atoms with Crippen molar-refractivity contribution in [1.29, 1.82) is 0 Å². The standard InChI is InChI=1S/C21H19F3N3O2/c22-21(23,24)29-16-6-4-14(5-7-16)25-15-10-12-27(13-11-15)19-3-1-2-18-17(19)8-9-20(28)26-18/h1-9,15,25H,10-13H2. The number of halogens is 3. The molecule has 151 valence electrons. The van der Waals surface area contributed by atoms with Gasteiger partial charge in [-0.05, 0) is 55.3 Å². The summed E-state index contributed by atoms with van der Waals surface area (Å²) < 4.78 is 40.6. The van der Waals surface area contributed by atoms with E-state index in [0.717, 1.165) is 42.7 Å². The Bertz CT molecular complexity index is 985. The Hall–Kier alpha value is -3.16. The quantitative estimate of drug-likeness (QED) is 0.639. The van der Waals surface area contributed by atoms with Gasteiger partial charge in [0, 0.05) is 42.0 Å². The number of benzene rings is 2. The van der Waals surface area contributed by atoms with Crippen molar-refractivity contribution in [2.24, 2.45) is 0 Å². The normalized spacial score (nSPS) is 15.5. The summed E-state index contributed by atoms with van der Waals surface area (Å²) in [5.74, 6) is -0.479. The number of nitrogens with one attached hydrogen (secondary N) is 1. The summed E-state index contributed by atoms with van der Waals surface area (Å²) in [5, 5.41) is 15.8. The Labute approximate surface area is 165 Å². The van der Waals surface area contributed by atoms with E-state index in [-0.39, 0.29) is 17.7 Å². The van der Waals surface area contributed by atoms with Crippen LogP contribution in [-0.2, 0) is 5.11 Å². The van der Waals surface area contributed by atoms with E-state index in [1.807, 2.05) is 24.3 Å². The Morgan fingerprint density at radius 3 is 2.41 bits per heavy atom. The van der Waals surface area contributed by atoms with E-state index < -0.39 is 6.36 Å². The maximum atomic E-state index is 12.2. The van der Waals surface area contributed by atoms with Crippen LogP contribution < -0.4 is 15.0 Å². The summed E-state index contributed by atoms with van der Waals surface area (Å²) in [4.78, 5) is 6.33. The summed E-state index contributed by atoms with van der Waals surface area (Å²) in [6.45, 7) is 1.65. The molecule has 8 heteroatoms. The number of rotatable bonds is 4. The number of aromatic nitrogens is 1. The van der Waals surface area contributed by atoms with Gasteiger partial charge in [-0.3, -0.25) is 5.11 Å². The van der Waals surface area contributed by atoms with Crippen LogP contribution in [0.1, 0.15) is 12.8 Å². The predicted molar refractivity (Wildman–Crippen MR) is 104 cm³/mol. The zero-order chi connectivity index (χ0) is 20.4. The average molecular weight is 402 g/mol. The lowest BCUT2D eigenvalue weighted by atomic mass is 10.0. The van der Waals surface area contributed by atoms with Crippen molar-refractivity contribution in [1.82, 2.24) is 4.98 Å². The lowest BCUT2D eigenvalue weighted by Gasteiger charge is -2.35. The number of ether oxygens (including phenoxy) is 1. The highest BCUT2D eigenvalue weighted by Crippen LogP contribution is 2.30. The van der Waals surface area contributed by atoms with E-state index in [1.165, 1.54) is 18.2 Å². The smallest absolute Gasteiger partial charge is 0.406 e. The largest absolute Gasteiger partial charge is 0.573 e. The molecule has 1 aliphatic heterocycles. The van der Waals surface area contributed by atoms with Crippen LogP contribution >= 0.6 is 0 Å². The molecule has 2 aromatic carbocycles. The number of alkyl halides is 3. The minimum atomic E-state index is -4.69. The van der Waals surface area contributed by atoms with Crippen molar-refractivity contribution >= 4 is 22.3 Å². The summed E-state index contributed by atoms with van der Waals surface area (Å²) in [5.41, 5.74) is 2.51. The summed E-state index contributed by atoms with van der Waals surface area (Å²) in [6, 6.07) is 15.1. The van der Waals surface area contributed by atoms with E-state index >= 15 is 0 Å². The fourth-order valence-corrected chi connectivity index (χ4v) is 3.65. The molecule has 0 spiro atoms. The molecule has 1 radical (unpaired) electrons. The maximum absolute atomic E-state index is 12.2. The highest BCUT2D eigenvalue weighted by Gasteiger charge is 2.31. The second-order valence-electron chi connectivity index (χ2n) is 6.97. The third kappa shape index (κ3) is 4.64. The van der Waals surface area contributed by atoms with Gasteiger partial charge in [0.1, 0.15) is 5.75 Å². The van der Waals surface area contributed by atoms with Gasteiger partial charge in [-0.25, -0.2) is 4.98 Å². The highest BCUT2D eigenvalue weighted by atomic mass is 19.4. The Kier molecular flexibility index (Phi) is 5.08. The number of nitrogens with zero attached hydrogens (tertiary/aromatic N) is 2. The molecular formula is C21H19F3N3O2. The first-order valence-electron chi connectivity index (χ1n) is 9.31. The van der Waals surface area contributed by atoms with Crippen molar-refractivity contribution in [2.45, 2.75) is 25.2 Å². The first-order valence-corrected chi connectivity index (χ1v) is 9.31. The molecule has 5 nitrogen and oxygen atoms in total. The van der Waals surface area contributed by atoms with E-state index in [9.17, 15) is 18.3 Å². The lowest BCUT2D eigenvalue weighted by molar-refractivity contribution is -0.274. The van der Waals surface area contributed by atoms with E-state index in [0.29, 0.717) is 5.52 Å². The third-order valence-electron chi connectivity index (χ3n) is 4.98. The van der Waals surface area contributed by atoms with Crippen LogP contribution in [0.15, 0.2) is 54.6 Å². The molecule has 3 aromatic rings. The molecule has 1 saturated heterocycles. The topological polar surface area (TPSA) is 57.3 Å². The molecule has 1 fully saturated rings. The molecule has 0 bridgehead atoms. The van der Waals surface area contributed by atoms with Crippen molar-refractivity contribution in [3.63, 3.8) is 0 Å². The van der Waals surface area contributed by atoms with Crippen LogP contribution in [0.25, 0.3) is 10.9 Å². The summed E-state index contributed by atoms with van der Waals surface area (Å²) >= 11 is 0. The van der Waals surface area contributed by atoms with Gasteiger partial charge in [0.05, 0.1) is 5.52 Å². The predicted octanol–water partition coefficient (Wildman–Crippen LogP) is 5.36. The Morgan fingerprint density at radius 1 is 1.00 bits per heavy atom. The molecule has 0 amide bonds. The number of piperidine rings is 1. The van der Waals surface area contributed by atoms with Gasteiger partial charge in [0.2, 0.25) is 0 Å². The van der Waals surface area contributed by atoms with Crippen molar-refractivity contribution < 1.29 is 23.0 Å². The molecule has 1 aromatic heterocycles. The molecule has 29 heavy (non-hydrogen) atoms. The number of pyridine rings is 1. The summed E-state index contributed by atoms with van der Waals surface area (Å²) in [7, 11) is 0. The van der Waals surface area contributed by atoms with Gasteiger partial charge >= 0.3 is 6.36 Å². The number of anilines is 2. The maximum Gasteiger partial charge on any atom is 0.573 e. The molecule has 4 rings (SSSR count).